The minimum atomic E-state index is -0.635. The number of aromatic nitrogens is 2. The van der Waals surface area contributed by atoms with Crippen LogP contribution in [0.2, 0.25) is 0 Å². The fourth-order valence-electron chi connectivity index (χ4n) is 2.13. The van der Waals surface area contributed by atoms with E-state index in [-0.39, 0.29) is 5.89 Å². The largest absolute Gasteiger partial charge is 0.449 e. The van der Waals surface area contributed by atoms with Gasteiger partial charge in [0.25, 0.3) is 5.89 Å². The van der Waals surface area contributed by atoms with Crippen LogP contribution in [0.25, 0.3) is 17.5 Å². The summed E-state index contributed by atoms with van der Waals surface area (Å²) in [4.78, 5) is 12.0. The highest BCUT2D eigenvalue weighted by Gasteiger charge is 2.17. The number of rotatable bonds is 5. The van der Waals surface area contributed by atoms with Crippen molar-refractivity contribution in [3.63, 3.8) is 0 Å². The monoisotopic (exact) mass is 398 g/mol. The lowest BCUT2D eigenvalue weighted by Crippen LogP contribution is -2.06. The van der Waals surface area contributed by atoms with Gasteiger partial charge in [-0.1, -0.05) is 46.3 Å². The third kappa shape index (κ3) is 4.64. The predicted octanol–water partition coefficient (Wildman–Crippen LogP) is 4.82. The normalized spacial score (nSPS) is 12.2. The van der Waals surface area contributed by atoms with E-state index in [1.807, 2.05) is 54.6 Å². The summed E-state index contributed by atoms with van der Waals surface area (Å²) in [6.45, 7) is 1.69. The fourth-order valence-corrected chi connectivity index (χ4v) is 2.55. The van der Waals surface area contributed by atoms with Gasteiger partial charge in [0.1, 0.15) is 0 Å². The first-order chi connectivity index (χ1) is 12.1. The topological polar surface area (TPSA) is 65.2 Å². The highest BCUT2D eigenvalue weighted by atomic mass is 79.9. The molecule has 0 saturated carbocycles. The Morgan fingerprint density at radius 2 is 1.96 bits per heavy atom. The molecular weight excluding hydrogens is 384 g/mol. The van der Waals surface area contributed by atoms with Crippen LogP contribution in [0.5, 0.6) is 0 Å². The van der Waals surface area contributed by atoms with Crippen molar-refractivity contribution < 1.29 is 13.9 Å². The van der Waals surface area contributed by atoms with Crippen molar-refractivity contribution in [3.05, 3.63) is 76.6 Å². The second kappa shape index (κ2) is 7.90. The number of nitrogens with zero attached hydrogens (tertiary/aromatic N) is 2. The Labute approximate surface area is 153 Å². The molecule has 1 aromatic heterocycles. The molecule has 0 unspecified atom stereocenters. The van der Waals surface area contributed by atoms with Crippen LogP contribution in [0.15, 0.2) is 69.6 Å². The first-order valence-corrected chi connectivity index (χ1v) is 8.44. The zero-order chi connectivity index (χ0) is 17.6. The summed E-state index contributed by atoms with van der Waals surface area (Å²) in [6.07, 6.45) is 2.42. The van der Waals surface area contributed by atoms with Crippen LogP contribution in [-0.4, -0.2) is 16.2 Å². The standard InChI is InChI=1S/C19H15BrN2O3/c1-13(18-21-22-19(25-18)15-7-3-2-4-8-15)24-17(23)11-10-14-6-5-9-16(20)12-14/h2-13H,1H3/b11-10+/t13-/m1/s1. The Kier molecular flexibility index (Phi) is 5.40. The lowest BCUT2D eigenvalue weighted by molar-refractivity contribution is -0.143. The Hall–Kier alpha value is -2.73. The number of hydrogen-bond acceptors (Lipinski definition) is 5. The molecule has 0 aliphatic heterocycles. The Morgan fingerprint density at radius 3 is 2.72 bits per heavy atom. The minimum absolute atomic E-state index is 0.253. The van der Waals surface area contributed by atoms with Crippen LogP contribution < -0.4 is 0 Å². The molecule has 126 valence electrons. The molecule has 3 aromatic rings. The van der Waals surface area contributed by atoms with E-state index >= 15 is 0 Å². The van der Waals surface area contributed by atoms with E-state index in [9.17, 15) is 4.79 Å². The number of esters is 1. The summed E-state index contributed by atoms with van der Waals surface area (Å²) < 4.78 is 11.8. The molecule has 0 bridgehead atoms. The molecule has 0 N–H and O–H groups in total. The molecule has 0 fully saturated rings. The van der Waals surface area contributed by atoms with Gasteiger partial charge >= 0.3 is 5.97 Å². The summed E-state index contributed by atoms with van der Waals surface area (Å²) in [6, 6.07) is 17.0. The van der Waals surface area contributed by atoms with Gasteiger partial charge in [-0.05, 0) is 42.8 Å². The number of carbonyl (C=O) groups is 1. The molecule has 0 spiro atoms. The molecule has 1 atom stereocenters. The first-order valence-electron chi connectivity index (χ1n) is 7.65. The van der Waals surface area contributed by atoms with E-state index in [1.54, 1.807) is 13.0 Å². The van der Waals surface area contributed by atoms with E-state index in [4.69, 9.17) is 9.15 Å². The zero-order valence-corrected chi connectivity index (χ0v) is 15.0. The second-order valence-corrected chi connectivity index (χ2v) is 6.19. The van der Waals surface area contributed by atoms with E-state index in [1.165, 1.54) is 6.08 Å². The average molecular weight is 399 g/mol. The van der Waals surface area contributed by atoms with Crippen LogP contribution >= 0.6 is 15.9 Å². The van der Waals surface area contributed by atoms with E-state index < -0.39 is 12.1 Å². The smallest absolute Gasteiger partial charge is 0.331 e. The molecule has 25 heavy (non-hydrogen) atoms. The minimum Gasteiger partial charge on any atom is -0.449 e. The zero-order valence-electron chi connectivity index (χ0n) is 13.4. The number of hydrogen-bond donors (Lipinski definition) is 0. The van der Waals surface area contributed by atoms with Gasteiger partial charge < -0.3 is 9.15 Å². The summed E-state index contributed by atoms with van der Waals surface area (Å²) in [5, 5.41) is 7.94. The van der Waals surface area contributed by atoms with Gasteiger partial charge in [-0.3, -0.25) is 0 Å². The molecule has 0 saturated heterocycles. The van der Waals surface area contributed by atoms with E-state index in [2.05, 4.69) is 26.1 Å². The third-order valence-electron chi connectivity index (χ3n) is 3.36. The molecule has 0 aliphatic carbocycles. The summed E-state index contributed by atoms with van der Waals surface area (Å²) in [7, 11) is 0. The quantitative estimate of drug-likeness (QED) is 0.455. The summed E-state index contributed by atoms with van der Waals surface area (Å²) in [5.74, 6) is 0.165. The van der Waals surface area contributed by atoms with Crippen molar-refractivity contribution in [2.24, 2.45) is 0 Å². The molecule has 0 radical (unpaired) electrons. The number of benzene rings is 2. The predicted molar refractivity (Wildman–Crippen MR) is 97.4 cm³/mol. The van der Waals surface area contributed by atoms with Crippen LogP contribution in [0.1, 0.15) is 24.5 Å². The SMILES string of the molecule is C[C@@H](OC(=O)/C=C/c1cccc(Br)c1)c1nnc(-c2ccccc2)o1. The van der Waals surface area contributed by atoms with Crippen molar-refractivity contribution in [3.8, 4) is 11.5 Å². The van der Waals surface area contributed by atoms with E-state index in [0.717, 1.165) is 15.6 Å². The van der Waals surface area contributed by atoms with Gasteiger partial charge in [0, 0.05) is 16.1 Å². The van der Waals surface area contributed by atoms with Crippen molar-refractivity contribution >= 4 is 28.0 Å². The molecular formula is C19H15BrN2O3. The van der Waals surface area contributed by atoms with Gasteiger partial charge in [0.05, 0.1) is 0 Å². The maximum absolute atomic E-state index is 12.0. The van der Waals surface area contributed by atoms with Gasteiger partial charge in [0.2, 0.25) is 5.89 Å². The van der Waals surface area contributed by atoms with Crippen molar-refractivity contribution in [2.45, 2.75) is 13.0 Å². The number of halogens is 1. The van der Waals surface area contributed by atoms with Gasteiger partial charge in [-0.2, -0.15) is 0 Å². The van der Waals surface area contributed by atoms with Crippen molar-refractivity contribution in [1.29, 1.82) is 0 Å². The molecule has 6 heteroatoms. The summed E-state index contributed by atoms with van der Waals surface area (Å²) >= 11 is 3.38. The lowest BCUT2D eigenvalue weighted by atomic mass is 10.2. The van der Waals surface area contributed by atoms with Crippen LogP contribution in [-0.2, 0) is 9.53 Å². The molecule has 0 aliphatic rings. The Balaban J connectivity index is 1.63. The maximum atomic E-state index is 12.0. The van der Waals surface area contributed by atoms with E-state index in [0.29, 0.717) is 5.89 Å². The van der Waals surface area contributed by atoms with Gasteiger partial charge in [0.15, 0.2) is 6.10 Å². The highest BCUT2D eigenvalue weighted by Crippen LogP contribution is 2.22. The average Bonchev–Trinajstić information content (AvgIpc) is 3.11. The van der Waals surface area contributed by atoms with Crippen LogP contribution in [0.4, 0.5) is 0 Å². The first kappa shape index (κ1) is 17.1. The van der Waals surface area contributed by atoms with Gasteiger partial charge in [-0.25, -0.2) is 4.79 Å². The third-order valence-corrected chi connectivity index (χ3v) is 3.86. The second-order valence-electron chi connectivity index (χ2n) is 5.28. The Morgan fingerprint density at radius 1 is 1.16 bits per heavy atom. The van der Waals surface area contributed by atoms with Crippen molar-refractivity contribution in [2.75, 3.05) is 0 Å². The molecule has 1 heterocycles. The Bertz CT molecular complexity index is 890. The van der Waals surface area contributed by atoms with Crippen LogP contribution in [0.3, 0.4) is 0 Å². The molecule has 5 nitrogen and oxygen atoms in total. The van der Waals surface area contributed by atoms with Gasteiger partial charge in [-0.15, -0.1) is 10.2 Å². The number of ether oxygens (including phenoxy) is 1. The molecule has 3 rings (SSSR count). The van der Waals surface area contributed by atoms with Crippen LogP contribution in [0, 0.1) is 0 Å². The highest BCUT2D eigenvalue weighted by molar-refractivity contribution is 9.10. The van der Waals surface area contributed by atoms with Crippen molar-refractivity contribution in [1.82, 2.24) is 10.2 Å². The maximum Gasteiger partial charge on any atom is 0.331 e. The molecule has 0 amide bonds. The fraction of sp³-hybridized carbons (Fsp3) is 0.105. The molecule has 2 aromatic carbocycles. The lowest BCUT2D eigenvalue weighted by Gasteiger charge is -2.06. The summed E-state index contributed by atoms with van der Waals surface area (Å²) in [5.41, 5.74) is 1.71. The number of carbonyl (C=O) groups excluding carboxylic acids is 1.